The average Bonchev–Trinajstić information content (AvgIpc) is 2.85. The maximum atomic E-state index is 5.42. The van der Waals surface area contributed by atoms with Crippen molar-refractivity contribution >= 4 is 11.3 Å². The maximum absolute atomic E-state index is 5.42. The Bertz CT molecular complexity index is 351. The van der Waals surface area contributed by atoms with Crippen LogP contribution < -0.4 is 5.32 Å². The lowest BCUT2D eigenvalue weighted by Crippen LogP contribution is -2.46. The number of nitrogens with zero attached hydrogens (tertiary/aromatic N) is 1. The molecule has 0 spiro atoms. The smallest absolute Gasteiger partial charge is 0.115 e. The largest absolute Gasteiger partial charge is 0.382 e. The second-order valence-corrected chi connectivity index (χ2v) is 5.89. The van der Waals surface area contributed by atoms with Crippen molar-refractivity contribution in [2.45, 2.75) is 52.0 Å². The fourth-order valence-corrected chi connectivity index (χ4v) is 3.16. The lowest BCUT2D eigenvalue weighted by atomic mass is 9.97. The van der Waals surface area contributed by atoms with Gasteiger partial charge in [0, 0.05) is 12.5 Å². The van der Waals surface area contributed by atoms with Gasteiger partial charge in [-0.1, -0.05) is 27.7 Å². The fourth-order valence-electron chi connectivity index (χ4n) is 1.95. The molecule has 1 atom stereocenters. The van der Waals surface area contributed by atoms with Gasteiger partial charge in [-0.25, -0.2) is 4.98 Å². The molecule has 1 heterocycles. The lowest BCUT2D eigenvalue weighted by molar-refractivity contribution is 0.104. The first-order valence-electron chi connectivity index (χ1n) is 6.79. The van der Waals surface area contributed by atoms with E-state index in [2.05, 4.69) is 38.4 Å². The predicted octanol–water partition coefficient (Wildman–Crippen LogP) is 3.52. The zero-order chi connectivity index (χ0) is 13.6. The molecule has 1 rings (SSSR count). The summed E-state index contributed by atoms with van der Waals surface area (Å²) in [7, 11) is 1.76. The van der Waals surface area contributed by atoms with Crippen LogP contribution in [-0.4, -0.2) is 25.2 Å². The van der Waals surface area contributed by atoms with Crippen LogP contribution >= 0.6 is 11.3 Å². The Hall–Kier alpha value is -0.450. The Morgan fingerprint density at radius 1 is 1.44 bits per heavy atom. The van der Waals surface area contributed by atoms with E-state index in [1.807, 2.05) is 0 Å². The maximum Gasteiger partial charge on any atom is 0.115 e. The summed E-state index contributed by atoms with van der Waals surface area (Å²) in [5, 5.41) is 6.96. The zero-order valence-electron chi connectivity index (χ0n) is 12.2. The van der Waals surface area contributed by atoms with Crippen LogP contribution in [0.1, 0.15) is 57.2 Å². The van der Waals surface area contributed by atoms with E-state index < -0.39 is 0 Å². The summed E-state index contributed by atoms with van der Waals surface area (Å²) in [4.78, 5) is 4.80. The number of hydrogen-bond donors (Lipinski definition) is 1. The average molecular weight is 270 g/mol. The van der Waals surface area contributed by atoms with Crippen LogP contribution in [0.15, 0.2) is 5.38 Å². The second-order valence-electron chi connectivity index (χ2n) is 5.03. The number of methoxy groups -OCH3 is 1. The van der Waals surface area contributed by atoms with Gasteiger partial charge in [-0.15, -0.1) is 11.3 Å². The van der Waals surface area contributed by atoms with Gasteiger partial charge >= 0.3 is 0 Å². The molecule has 1 unspecified atom stereocenters. The molecule has 1 aromatic rings. The predicted molar refractivity (Wildman–Crippen MR) is 78.3 cm³/mol. The van der Waals surface area contributed by atoms with Gasteiger partial charge in [0.15, 0.2) is 0 Å². The van der Waals surface area contributed by atoms with Gasteiger partial charge in [-0.2, -0.15) is 0 Å². The van der Waals surface area contributed by atoms with E-state index in [0.29, 0.717) is 12.5 Å². The Balaban J connectivity index is 2.98. The molecular weight excluding hydrogens is 244 g/mol. The highest BCUT2D eigenvalue weighted by Crippen LogP contribution is 2.30. The number of aromatic nitrogens is 1. The van der Waals surface area contributed by atoms with Gasteiger partial charge in [0.05, 0.1) is 17.8 Å². The van der Waals surface area contributed by atoms with Crippen LogP contribution in [0, 0.1) is 0 Å². The minimum Gasteiger partial charge on any atom is -0.382 e. The number of thiazole rings is 1. The summed E-state index contributed by atoms with van der Waals surface area (Å²) >= 11 is 1.75. The minimum absolute atomic E-state index is 0.122. The molecule has 104 valence electrons. The minimum atomic E-state index is -0.122. The summed E-state index contributed by atoms with van der Waals surface area (Å²) < 4.78 is 5.42. The molecule has 0 saturated heterocycles. The Labute approximate surface area is 115 Å². The van der Waals surface area contributed by atoms with Crippen molar-refractivity contribution in [3.8, 4) is 0 Å². The molecule has 0 fully saturated rings. The van der Waals surface area contributed by atoms with Gasteiger partial charge in [-0.3, -0.25) is 0 Å². The molecule has 4 heteroatoms. The van der Waals surface area contributed by atoms with Crippen molar-refractivity contribution < 1.29 is 4.74 Å². The first-order valence-corrected chi connectivity index (χ1v) is 7.67. The van der Waals surface area contributed by atoms with Crippen molar-refractivity contribution in [2.24, 2.45) is 0 Å². The molecule has 0 aliphatic carbocycles. The van der Waals surface area contributed by atoms with Crippen molar-refractivity contribution in [1.29, 1.82) is 0 Å². The summed E-state index contributed by atoms with van der Waals surface area (Å²) in [5.74, 6) is 0.485. The van der Waals surface area contributed by atoms with E-state index in [1.54, 1.807) is 18.4 Å². The quantitative estimate of drug-likeness (QED) is 0.785. The third-order valence-electron chi connectivity index (χ3n) is 3.23. The van der Waals surface area contributed by atoms with Gasteiger partial charge in [-0.05, 0) is 25.3 Å². The molecule has 3 nitrogen and oxygen atoms in total. The van der Waals surface area contributed by atoms with Crippen LogP contribution in [0.2, 0.25) is 0 Å². The molecule has 18 heavy (non-hydrogen) atoms. The topological polar surface area (TPSA) is 34.1 Å². The van der Waals surface area contributed by atoms with Crippen LogP contribution in [0.3, 0.4) is 0 Å². The first kappa shape index (κ1) is 15.6. The normalized spacial score (nSPS) is 15.0. The first-order chi connectivity index (χ1) is 8.59. The number of ether oxygens (including phenoxy) is 1. The highest BCUT2D eigenvalue weighted by atomic mass is 32.1. The van der Waals surface area contributed by atoms with Crippen molar-refractivity contribution in [2.75, 3.05) is 20.3 Å². The van der Waals surface area contributed by atoms with E-state index in [9.17, 15) is 0 Å². The van der Waals surface area contributed by atoms with Crippen LogP contribution in [0.4, 0.5) is 0 Å². The fraction of sp³-hybridized carbons (Fsp3) is 0.786. The zero-order valence-corrected chi connectivity index (χ0v) is 13.1. The second kappa shape index (κ2) is 7.22. The van der Waals surface area contributed by atoms with E-state index in [1.165, 1.54) is 5.69 Å². The molecule has 0 amide bonds. The third kappa shape index (κ3) is 3.53. The molecule has 0 bridgehead atoms. The monoisotopic (exact) mass is 270 g/mol. The van der Waals surface area contributed by atoms with Gasteiger partial charge in [0.25, 0.3) is 0 Å². The van der Waals surface area contributed by atoms with Gasteiger partial charge < -0.3 is 10.1 Å². The standard InChI is InChI=1S/C14H26N2OS/c1-6-8-15-14(7-2,10-17-5)13-16-12(9-18-13)11(3)4/h9,11,15H,6-8,10H2,1-5H3. The Kier molecular flexibility index (Phi) is 6.26. The van der Waals surface area contributed by atoms with E-state index in [4.69, 9.17) is 9.72 Å². The molecule has 1 aromatic heterocycles. The molecule has 0 aliphatic heterocycles. The van der Waals surface area contributed by atoms with Gasteiger partial charge in [0.1, 0.15) is 5.01 Å². The van der Waals surface area contributed by atoms with E-state index in [-0.39, 0.29) is 5.54 Å². The third-order valence-corrected chi connectivity index (χ3v) is 4.30. The van der Waals surface area contributed by atoms with Crippen molar-refractivity contribution in [1.82, 2.24) is 10.3 Å². The van der Waals surface area contributed by atoms with E-state index >= 15 is 0 Å². The van der Waals surface area contributed by atoms with Crippen molar-refractivity contribution in [3.63, 3.8) is 0 Å². The summed E-state index contributed by atoms with van der Waals surface area (Å²) in [5.41, 5.74) is 1.06. The van der Waals surface area contributed by atoms with Crippen LogP contribution in [0.5, 0.6) is 0 Å². The molecule has 0 aliphatic rings. The SMILES string of the molecule is CCCNC(CC)(COC)c1nc(C(C)C)cs1. The van der Waals surface area contributed by atoms with Gasteiger partial charge in [0.2, 0.25) is 0 Å². The number of hydrogen-bond acceptors (Lipinski definition) is 4. The highest BCUT2D eigenvalue weighted by molar-refractivity contribution is 7.09. The van der Waals surface area contributed by atoms with Crippen molar-refractivity contribution in [3.05, 3.63) is 16.1 Å². The molecule has 0 aromatic carbocycles. The summed E-state index contributed by atoms with van der Waals surface area (Å²) in [6, 6.07) is 0. The number of nitrogens with one attached hydrogen (secondary N) is 1. The van der Waals surface area contributed by atoms with Crippen LogP contribution in [0.25, 0.3) is 0 Å². The molecule has 1 N–H and O–H groups in total. The molecular formula is C14H26N2OS. The Morgan fingerprint density at radius 3 is 2.61 bits per heavy atom. The summed E-state index contributed by atoms with van der Waals surface area (Å²) in [6.07, 6.45) is 2.11. The van der Waals surface area contributed by atoms with Crippen LogP contribution in [-0.2, 0) is 10.3 Å². The summed E-state index contributed by atoms with van der Waals surface area (Å²) in [6.45, 7) is 10.4. The van der Waals surface area contributed by atoms with E-state index in [0.717, 1.165) is 24.4 Å². The number of rotatable bonds is 8. The highest BCUT2D eigenvalue weighted by Gasteiger charge is 2.33. The molecule has 0 saturated carbocycles. The lowest BCUT2D eigenvalue weighted by Gasteiger charge is -2.31. The molecule has 0 radical (unpaired) electrons. The Morgan fingerprint density at radius 2 is 2.17 bits per heavy atom.